The molecule has 0 aliphatic heterocycles. The van der Waals surface area contributed by atoms with Crippen molar-refractivity contribution in [2.45, 2.75) is 4.90 Å². The van der Waals surface area contributed by atoms with E-state index in [0.717, 1.165) is 0 Å². The van der Waals surface area contributed by atoms with Gasteiger partial charge in [0, 0.05) is 0 Å². The highest BCUT2D eigenvalue weighted by molar-refractivity contribution is 7.85. The van der Waals surface area contributed by atoms with E-state index >= 15 is 0 Å². The topological polar surface area (TPSA) is 157 Å². The van der Waals surface area contributed by atoms with Crippen molar-refractivity contribution in [1.82, 2.24) is 0 Å². The minimum absolute atomic E-state index is 0.0475. The number of halogens is 2. The molecule has 2 aromatic carbocycles. The quantitative estimate of drug-likeness (QED) is 0.348. The van der Waals surface area contributed by atoms with Crippen LogP contribution in [0.4, 0.5) is 10.1 Å². The molecule has 0 saturated carbocycles. The number of hydrogen-bond acceptors (Lipinski definition) is 3. The molecule has 0 amide bonds. The second-order valence-corrected chi connectivity index (χ2v) is 6.22. The van der Waals surface area contributed by atoms with E-state index in [0.29, 0.717) is 5.69 Å². The largest absolute Gasteiger partial charge is 0.370 e. The molecule has 0 saturated heterocycles. The van der Waals surface area contributed by atoms with Gasteiger partial charge in [0.1, 0.15) is 5.82 Å². The zero-order chi connectivity index (χ0) is 19.0. The summed E-state index contributed by atoms with van der Waals surface area (Å²) >= 11 is 5.53. The van der Waals surface area contributed by atoms with Gasteiger partial charge in [0.15, 0.2) is 5.96 Å². The predicted molar refractivity (Wildman–Crippen MR) is 94.8 cm³/mol. The molecule has 0 unspecified atom stereocenters. The average Bonchev–Trinajstić information content (AvgIpc) is 2.51. The normalized spacial score (nSPS) is 11.2. The van der Waals surface area contributed by atoms with Crippen LogP contribution >= 0.6 is 11.6 Å². The van der Waals surface area contributed by atoms with Crippen molar-refractivity contribution in [3.05, 3.63) is 59.4 Å². The van der Waals surface area contributed by atoms with Gasteiger partial charge in [-0.3, -0.25) is 4.55 Å². The van der Waals surface area contributed by atoms with Gasteiger partial charge in [-0.05, 0) is 30.3 Å². The molecule has 0 fully saturated rings. The minimum atomic E-state index is -4.00. The molecule has 0 aromatic heterocycles. The molecule has 0 atom stereocenters. The lowest BCUT2D eigenvalue weighted by Gasteiger charge is -1.97. The highest BCUT2D eigenvalue weighted by atomic mass is 35.5. The maximum Gasteiger partial charge on any atom is 0.294 e. The first-order valence-electron chi connectivity index (χ1n) is 6.51. The summed E-state index contributed by atoms with van der Waals surface area (Å²) in [5.74, 6) is -0.863. The Kier molecular flexibility index (Phi) is 7.30. The van der Waals surface area contributed by atoms with Gasteiger partial charge in [0.25, 0.3) is 10.1 Å². The van der Waals surface area contributed by atoms with Crippen LogP contribution in [0.25, 0.3) is 0 Å². The Morgan fingerprint density at radius 3 is 2.12 bits per heavy atom. The van der Waals surface area contributed by atoms with Crippen LogP contribution in [0.2, 0.25) is 5.02 Å². The van der Waals surface area contributed by atoms with E-state index in [1.54, 1.807) is 18.2 Å². The number of guanidine groups is 2. The minimum Gasteiger partial charge on any atom is -0.370 e. The van der Waals surface area contributed by atoms with E-state index in [-0.39, 0.29) is 21.8 Å². The van der Waals surface area contributed by atoms with Crippen molar-refractivity contribution in [1.29, 1.82) is 0 Å². The zero-order valence-electron chi connectivity index (χ0n) is 12.7. The van der Waals surface area contributed by atoms with Crippen LogP contribution in [0.5, 0.6) is 0 Å². The number of rotatable bonds is 2. The Bertz CT molecular complexity index is 885. The van der Waals surface area contributed by atoms with E-state index in [1.807, 2.05) is 0 Å². The average molecular weight is 388 g/mol. The van der Waals surface area contributed by atoms with Crippen molar-refractivity contribution in [2.75, 3.05) is 0 Å². The fourth-order valence-electron chi connectivity index (χ4n) is 1.44. The monoisotopic (exact) mass is 387 g/mol. The molecule has 134 valence electrons. The number of nitrogens with zero attached hydrogens (tertiary/aromatic N) is 2. The van der Waals surface area contributed by atoms with Crippen LogP contribution < -0.4 is 17.2 Å². The van der Waals surface area contributed by atoms with Crippen LogP contribution in [0.15, 0.2) is 63.4 Å². The molecule has 2 aromatic rings. The summed E-state index contributed by atoms with van der Waals surface area (Å²) in [6.07, 6.45) is 0. The second-order valence-electron chi connectivity index (χ2n) is 4.39. The summed E-state index contributed by atoms with van der Waals surface area (Å²) < 4.78 is 42.0. The molecule has 7 N–H and O–H groups in total. The fraction of sp³-hybridized carbons (Fsp3) is 0. The van der Waals surface area contributed by atoms with E-state index in [1.165, 1.54) is 30.3 Å². The highest BCUT2D eigenvalue weighted by Crippen LogP contribution is 2.21. The summed E-state index contributed by atoms with van der Waals surface area (Å²) in [4.78, 5) is 7.21. The molecular weight excluding hydrogens is 373 g/mol. The third-order valence-electron chi connectivity index (χ3n) is 2.43. The summed E-state index contributed by atoms with van der Waals surface area (Å²) in [6.45, 7) is 0. The third-order valence-corrected chi connectivity index (χ3v) is 3.59. The molecule has 25 heavy (non-hydrogen) atoms. The maximum absolute atomic E-state index is 12.8. The van der Waals surface area contributed by atoms with Gasteiger partial charge in [-0.1, -0.05) is 29.8 Å². The molecular formula is C14H15ClFN5O3S. The number of aliphatic imine (C=N–C) groups is 2. The summed E-state index contributed by atoms with van der Waals surface area (Å²) in [5, 5.41) is -0.0475. The lowest BCUT2D eigenvalue weighted by atomic mass is 10.3. The summed E-state index contributed by atoms with van der Waals surface area (Å²) in [6, 6.07) is 11.3. The third kappa shape index (κ3) is 7.61. The van der Waals surface area contributed by atoms with Gasteiger partial charge < -0.3 is 17.2 Å². The highest BCUT2D eigenvalue weighted by Gasteiger charge is 2.05. The van der Waals surface area contributed by atoms with E-state index in [4.69, 9.17) is 33.4 Å². The van der Waals surface area contributed by atoms with Crippen molar-refractivity contribution in [2.24, 2.45) is 27.2 Å². The van der Waals surface area contributed by atoms with Crippen LogP contribution in [-0.4, -0.2) is 24.9 Å². The van der Waals surface area contributed by atoms with Gasteiger partial charge in [-0.15, -0.1) is 0 Å². The molecule has 0 radical (unpaired) electrons. The van der Waals surface area contributed by atoms with Crippen molar-refractivity contribution < 1.29 is 17.4 Å². The SMILES string of the molecule is NC(N)=NC(N)=Nc1ccc(F)c(Cl)c1.O=S(=O)(O)c1ccccc1. The Labute approximate surface area is 148 Å². The summed E-state index contributed by atoms with van der Waals surface area (Å²) in [5.41, 5.74) is 15.9. The first-order chi connectivity index (χ1) is 11.6. The van der Waals surface area contributed by atoms with Crippen molar-refractivity contribution >= 4 is 39.3 Å². The van der Waals surface area contributed by atoms with E-state index in [9.17, 15) is 12.8 Å². The fourth-order valence-corrected chi connectivity index (χ4v) is 2.11. The van der Waals surface area contributed by atoms with Gasteiger partial charge in [-0.2, -0.15) is 13.4 Å². The predicted octanol–water partition coefficient (Wildman–Crippen LogP) is 1.63. The molecule has 0 bridgehead atoms. The van der Waals surface area contributed by atoms with Crippen molar-refractivity contribution in [3.63, 3.8) is 0 Å². The van der Waals surface area contributed by atoms with Gasteiger partial charge in [0.2, 0.25) is 5.96 Å². The molecule has 0 spiro atoms. The number of hydrogen-bond donors (Lipinski definition) is 4. The second kappa shape index (κ2) is 8.97. The van der Waals surface area contributed by atoms with Crippen LogP contribution in [0, 0.1) is 5.82 Å². The first-order valence-corrected chi connectivity index (χ1v) is 8.33. The molecule has 0 aliphatic carbocycles. The Morgan fingerprint density at radius 1 is 1.08 bits per heavy atom. The molecule has 11 heteroatoms. The smallest absolute Gasteiger partial charge is 0.294 e. The Hall–Kier alpha value is -2.69. The number of benzene rings is 2. The van der Waals surface area contributed by atoms with Gasteiger partial charge in [0.05, 0.1) is 15.6 Å². The summed E-state index contributed by atoms with van der Waals surface area (Å²) in [7, 11) is -4.00. The van der Waals surface area contributed by atoms with Crippen LogP contribution in [0.3, 0.4) is 0 Å². The van der Waals surface area contributed by atoms with Crippen molar-refractivity contribution in [3.8, 4) is 0 Å². The maximum atomic E-state index is 12.8. The van der Waals surface area contributed by atoms with Crippen LogP contribution in [-0.2, 0) is 10.1 Å². The van der Waals surface area contributed by atoms with Gasteiger partial charge >= 0.3 is 0 Å². The zero-order valence-corrected chi connectivity index (χ0v) is 14.2. The number of nitrogens with two attached hydrogens (primary N) is 3. The molecule has 8 nitrogen and oxygen atoms in total. The van der Waals surface area contributed by atoms with Gasteiger partial charge in [-0.25, -0.2) is 9.38 Å². The van der Waals surface area contributed by atoms with E-state index in [2.05, 4.69) is 9.98 Å². The molecule has 2 rings (SSSR count). The lowest BCUT2D eigenvalue weighted by Crippen LogP contribution is -2.26. The van der Waals surface area contributed by atoms with Crippen LogP contribution in [0.1, 0.15) is 0 Å². The lowest BCUT2D eigenvalue weighted by molar-refractivity contribution is 0.483. The Morgan fingerprint density at radius 2 is 1.68 bits per heavy atom. The molecule has 0 heterocycles. The molecule has 0 aliphatic rings. The Balaban J connectivity index is 0.000000271. The first kappa shape index (κ1) is 20.4. The standard InChI is InChI=1S/C8H9ClFN5.C6H6O3S/c9-5-3-4(1-2-6(5)10)14-8(13)15-7(11)12;7-10(8,9)6-4-2-1-3-5-6/h1-3H,(H6,11,12,13,14,15);1-5H,(H,7,8,9). The van der Waals surface area contributed by atoms with E-state index < -0.39 is 15.9 Å².